The molecule has 0 saturated carbocycles. The van der Waals surface area contributed by atoms with E-state index in [4.69, 9.17) is 0 Å². The van der Waals surface area contributed by atoms with E-state index < -0.39 is 0 Å². The van der Waals surface area contributed by atoms with Crippen LogP contribution in [0.15, 0.2) is 31.0 Å². The number of rotatable bonds is 4. The molecule has 0 N–H and O–H groups in total. The maximum atomic E-state index is 3.78. The third-order valence-electron chi connectivity index (χ3n) is 1.94. The van der Waals surface area contributed by atoms with E-state index in [1.165, 1.54) is 18.5 Å². The van der Waals surface area contributed by atoms with Crippen molar-refractivity contribution in [3.63, 3.8) is 0 Å². The highest BCUT2D eigenvalue weighted by molar-refractivity contribution is 5.36. The third kappa shape index (κ3) is 2.19. The van der Waals surface area contributed by atoms with Crippen molar-refractivity contribution in [2.75, 3.05) is 0 Å². The van der Waals surface area contributed by atoms with Gasteiger partial charge in [-0.15, -0.1) is 0 Å². The first kappa shape index (κ1) is 8.98. The Kier molecular flexibility index (Phi) is 3.52. The number of hydrogen-bond donors (Lipinski definition) is 0. The van der Waals surface area contributed by atoms with Crippen molar-refractivity contribution >= 4 is 6.08 Å². The largest absolute Gasteiger partial charge is 0.204 e. The Bertz CT molecular complexity index is 253. The zero-order chi connectivity index (χ0) is 8.81. The van der Waals surface area contributed by atoms with E-state index in [-0.39, 0.29) is 0 Å². The summed E-state index contributed by atoms with van der Waals surface area (Å²) in [6.07, 6.45) is 6.47. The van der Waals surface area contributed by atoms with Crippen LogP contribution in [-0.4, -0.2) is 0 Å². The normalized spacial score (nSPS) is 9.75. The number of unbranched alkanes of at least 4 members (excludes halogenated alkanes) is 1. The summed E-state index contributed by atoms with van der Waals surface area (Å²) in [5, 5.41) is 0. The summed E-state index contributed by atoms with van der Waals surface area (Å²) < 4.78 is 2.23. The van der Waals surface area contributed by atoms with Crippen LogP contribution >= 0.6 is 0 Å². The Hall–Kier alpha value is -1.11. The van der Waals surface area contributed by atoms with E-state index in [0.29, 0.717) is 0 Å². The third-order valence-corrected chi connectivity index (χ3v) is 1.94. The summed E-state index contributed by atoms with van der Waals surface area (Å²) in [4.78, 5) is 0. The molecule has 1 nitrogen and oxygen atoms in total. The Morgan fingerprint density at radius 1 is 1.50 bits per heavy atom. The Balaban J connectivity index is 2.75. The first-order valence-corrected chi connectivity index (χ1v) is 4.49. The highest BCUT2D eigenvalue weighted by Crippen LogP contribution is 1.94. The van der Waals surface area contributed by atoms with Crippen LogP contribution in [0.25, 0.3) is 6.08 Å². The highest BCUT2D eigenvalue weighted by atomic mass is 14.9. The second-order valence-corrected chi connectivity index (χ2v) is 2.88. The molecule has 0 saturated heterocycles. The van der Waals surface area contributed by atoms with Gasteiger partial charge in [-0.25, -0.2) is 0 Å². The summed E-state index contributed by atoms with van der Waals surface area (Å²) >= 11 is 0. The highest BCUT2D eigenvalue weighted by Gasteiger charge is 2.03. The van der Waals surface area contributed by atoms with E-state index in [1.807, 2.05) is 12.1 Å². The van der Waals surface area contributed by atoms with Crippen LogP contribution in [0.2, 0.25) is 0 Å². The molecule has 0 bridgehead atoms. The van der Waals surface area contributed by atoms with E-state index >= 15 is 0 Å². The quantitative estimate of drug-likeness (QED) is 0.599. The Morgan fingerprint density at radius 3 is 3.00 bits per heavy atom. The van der Waals surface area contributed by atoms with Crippen molar-refractivity contribution in [3.8, 4) is 0 Å². The van der Waals surface area contributed by atoms with Crippen molar-refractivity contribution in [3.05, 3.63) is 36.7 Å². The van der Waals surface area contributed by atoms with Crippen molar-refractivity contribution in [2.45, 2.75) is 26.3 Å². The minimum absolute atomic E-state index is 1.10. The molecule has 1 aromatic heterocycles. The van der Waals surface area contributed by atoms with E-state index in [2.05, 4.69) is 36.4 Å². The maximum absolute atomic E-state index is 3.78. The first-order chi connectivity index (χ1) is 5.88. The Morgan fingerprint density at radius 2 is 2.33 bits per heavy atom. The predicted molar refractivity (Wildman–Crippen MR) is 51.6 cm³/mol. The van der Waals surface area contributed by atoms with Crippen molar-refractivity contribution in [2.24, 2.45) is 0 Å². The number of nitrogens with zero attached hydrogens (tertiary/aromatic N) is 1. The van der Waals surface area contributed by atoms with Gasteiger partial charge in [-0.1, -0.05) is 19.9 Å². The monoisotopic (exact) mass is 162 g/mol. The van der Waals surface area contributed by atoms with Gasteiger partial charge in [0, 0.05) is 24.6 Å². The van der Waals surface area contributed by atoms with Crippen LogP contribution in [0.1, 0.15) is 25.5 Å². The lowest BCUT2D eigenvalue weighted by molar-refractivity contribution is -0.699. The van der Waals surface area contributed by atoms with Gasteiger partial charge >= 0.3 is 0 Å². The molecule has 0 atom stereocenters. The second kappa shape index (κ2) is 4.70. The molecule has 0 aliphatic heterocycles. The topological polar surface area (TPSA) is 3.88 Å². The molecule has 0 aromatic carbocycles. The molecule has 1 rings (SSSR count). The van der Waals surface area contributed by atoms with Crippen LogP contribution < -0.4 is 4.57 Å². The van der Waals surface area contributed by atoms with E-state index in [9.17, 15) is 0 Å². The smallest absolute Gasteiger partial charge is 0.199 e. The maximum Gasteiger partial charge on any atom is 0.204 e. The summed E-state index contributed by atoms with van der Waals surface area (Å²) in [6.45, 7) is 7.08. The second-order valence-electron chi connectivity index (χ2n) is 2.88. The summed E-state index contributed by atoms with van der Waals surface area (Å²) in [7, 11) is 0. The molecule has 0 radical (unpaired) electrons. The molecule has 1 heteroatoms. The predicted octanol–water partition coefficient (Wildman–Crippen LogP) is 2.42. The number of aryl methyl sites for hydroxylation is 1. The standard InChI is InChI=1S/C11H16N/c1-3-5-9-12-10-7-6-8-11(12)4-2/h4,6-8,10H,2-3,5,9H2,1H3/q+1. The Labute approximate surface area is 74.4 Å². The summed E-state index contributed by atoms with van der Waals surface area (Å²) in [5.41, 5.74) is 1.20. The van der Waals surface area contributed by atoms with Crippen molar-refractivity contribution < 1.29 is 4.57 Å². The number of hydrogen-bond acceptors (Lipinski definition) is 0. The molecule has 1 heterocycles. The molecule has 0 fully saturated rings. The molecule has 0 amide bonds. The molecule has 12 heavy (non-hydrogen) atoms. The van der Waals surface area contributed by atoms with Gasteiger partial charge < -0.3 is 0 Å². The lowest BCUT2D eigenvalue weighted by Crippen LogP contribution is -2.36. The average Bonchev–Trinajstić information content (AvgIpc) is 2.15. The molecule has 0 spiro atoms. The van der Waals surface area contributed by atoms with Crippen LogP contribution in [0.5, 0.6) is 0 Å². The fourth-order valence-electron chi connectivity index (χ4n) is 1.21. The van der Waals surface area contributed by atoms with Gasteiger partial charge in [-0.05, 0) is 6.07 Å². The number of aromatic nitrogens is 1. The lowest BCUT2D eigenvalue weighted by Gasteiger charge is -1.97. The molecule has 0 unspecified atom stereocenters. The fraction of sp³-hybridized carbons (Fsp3) is 0.364. The SMILES string of the molecule is C=Cc1cccc[n+]1CCCC. The van der Waals surface area contributed by atoms with Gasteiger partial charge in [-0.2, -0.15) is 4.57 Å². The lowest BCUT2D eigenvalue weighted by atomic mass is 10.3. The number of pyridine rings is 1. The van der Waals surface area contributed by atoms with Gasteiger partial charge in [0.2, 0.25) is 5.69 Å². The van der Waals surface area contributed by atoms with Crippen molar-refractivity contribution in [1.82, 2.24) is 0 Å². The molecule has 1 aromatic rings. The van der Waals surface area contributed by atoms with Gasteiger partial charge in [-0.3, -0.25) is 0 Å². The van der Waals surface area contributed by atoms with E-state index in [1.54, 1.807) is 0 Å². The first-order valence-electron chi connectivity index (χ1n) is 4.49. The summed E-state index contributed by atoms with van der Waals surface area (Å²) in [6, 6.07) is 6.19. The summed E-state index contributed by atoms with van der Waals surface area (Å²) in [5.74, 6) is 0. The van der Waals surface area contributed by atoms with Gasteiger partial charge in [0.05, 0.1) is 0 Å². The van der Waals surface area contributed by atoms with E-state index in [0.717, 1.165) is 6.54 Å². The molecule has 64 valence electrons. The molecule has 0 aliphatic carbocycles. The minimum atomic E-state index is 1.10. The van der Waals surface area contributed by atoms with Crippen LogP contribution in [0.3, 0.4) is 0 Å². The molecule has 0 aliphatic rings. The van der Waals surface area contributed by atoms with Crippen LogP contribution in [0.4, 0.5) is 0 Å². The zero-order valence-corrected chi connectivity index (χ0v) is 7.66. The van der Waals surface area contributed by atoms with Gasteiger partial charge in [0.1, 0.15) is 6.54 Å². The van der Waals surface area contributed by atoms with Crippen LogP contribution in [0, 0.1) is 0 Å². The average molecular weight is 162 g/mol. The minimum Gasteiger partial charge on any atom is -0.199 e. The van der Waals surface area contributed by atoms with Crippen LogP contribution in [-0.2, 0) is 6.54 Å². The van der Waals surface area contributed by atoms with Gasteiger partial charge in [0.25, 0.3) is 0 Å². The molecular formula is C11H16N+. The fourth-order valence-corrected chi connectivity index (χ4v) is 1.21. The van der Waals surface area contributed by atoms with Crippen molar-refractivity contribution in [1.29, 1.82) is 0 Å². The zero-order valence-electron chi connectivity index (χ0n) is 7.66. The molecular weight excluding hydrogens is 146 g/mol. The van der Waals surface area contributed by atoms with Gasteiger partial charge in [0.15, 0.2) is 6.20 Å².